The van der Waals surface area contributed by atoms with Gasteiger partial charge in [-0.2, -0.15) is 0 Å². The van der Waals surface area contributed by atoms with Crippen LogP contribution in [-0.4, -0.2) is 44.1 Å². The molecular formula is C22H29FN4O. The number of nitrogens with zero attached hydrogens (tertiary/aromatic N) is 2. The Balaban J connectivity index is 1.48. The van der Waals surface area contributed by atoms with Crippen molar-refractivity contribution in [2.24, 2.45) is 4.99 Å². The largest absolute Gasteiger partial charge is 0.494 e. The average molecular weight is 384 g/mol. The molecule has 1 saturated heterocycles. The number of hydrogen-bond donors (Lipinski definition) is 2. The van der Waals surface area contributed by atoms with Crippen LogP contribution in [0.2, 0.25) is 0 Å². The van der Waals surface area contributed by atoms with E-state index >= 15 is 0 Å². The molecule has 1 atom stereocenters. The lowest BCUT2D eigenvalue weighted by molar-refractivity contribution is 0.245. The fourth-order valence-electron chi connectivity index (χ4n) is 3.59. The van der Waals surface area contributed by atoms with Crippen molar-refractivity contribution in [3.63, 3.8) is 0 Å². The Morgan fingerprint density at radius 1 is 1.18 bits per heavy atom. The summed E-state index contributed by atoms with van der Waals surface area (Å²) in [4.78, 5) is 6.81. The standard InChI is InChI=1S/C22H29FN4O/c1-24-22(25-14-18-10-11-21(28-2)20(23)13-18)26-15-19-9-6-12-27(19)16-17-7-4-3-5-8-17/h3-5,7-8,10-11,13,19H,6,9,12,14-16H2,1-2H3,(H2,24,25,26). The Bertz CT molecular complexity index is 781. The Labute approximate surface area is 166 Å². The summed E-state index contributed by atoms with van der Waals surface area (Å²) in [5, 5.41) is 6.67. The van der Waals surface area contributed by atoms with E-state index in [1.165, 1.54) is 31.6 Å². The maximum absolute atomic E-state index is 13.8. The number of likely N-dealkylation sites (tertiary alicyclic amines) is 1. The second-order valence-corrected chi connectivity index (χ2v) is 7.03. The van der Waals surface area contributed by atoms with Crippen molar-refractivity contribution in [1.82, 2.24) is 15.5 Å². The molecule has 0 aliphatic carbocycles. The van der Waals surface area contributed by atoms with Gasteiger partial charge in [0.05, 0.1) is 7.11 Å². The Morgan fingerprint density at radius 3 is 2.71 bits per heavy atom. The molecule has 6 heteroatoms. The van der Waals surface area contributed by atoms with Crippen molar-refractivity contribution in [2.75, 3.05) is 27.2 Å². The first-order valence-electron chi connectivity index (χ1n) is 9.74. The molecule has 1 unspecified atom stereocenters. The maximum atomic E-state index is 13.8. The predicted octanol–water partition coefficient (Wildman–Crippen LogP) is 3.16. The van der Waals surface area contributed by atoms with Crippen molar-refractivity contribution in [1.29, 1.82) is 0 Å². The summed E-state index contributed by atoms with van der Waals surface area (Å²) in [6, 6.07) is 16.0. The zero-order valence-corrected chi connectivity index (χ0v) is 16.6. The van der Waals surface area contributed by atoms with Crippen molar-refractivity contribution < 1.29 is 9.13 Å². The molecule has 1 heterocycles. The molecule has 1 aliphatic rings. The quantitative estimate of drug-likeness (QED) is 0.569. The van der Waals surface area contributed by atoms with Gasteiger partial charge < -0.3 is 15.4 Å². The molecule has 28 heavy (non-hydrogen) atoms. The molecule has 5 nitrogen and oxygen atoms in total. The molecule has 2 aromatic carbocycles. The van der Waals surface area contributed by atoms with Crippen LogP contribution in [0.25, 0.3) is 0 Å². The molecule has 0 spiro atoms. The van der Waals surface area contributed by atoms with E-state index < -0.39 is 0 Å². The van der Waals surface area contributed by atoms with Gasteiger partial charge >= 0.3 is 0 Å². The zero-order valence-electron chi connectivity index (χ0n) is 16.6. The topological polar surface area (TPSA) is 48.9 Å². The normalized spacial score (nSPS) is 17.5. The highest BCUT2D eigenvalue weighted by Gasteiger charge is 2.24. The van der Waals surface area contributed by atoms with Crippen molar-refractivity contribution in [3.8, 4) is 5.75 Å². The number of methoxy groups -OCH3 is 1. The SMILES string of the molecule is CN=C(NCc1ccc(OC)c(F)c1)NCC1CCCN1Cc1ccccc1. The zero-order chi connectivity index (χ0) is 19.8. The van der Waals surface area contributed by atoms with Gasteiger partial charge in [-0.05, 0) is 42.6 Å². The third-order valence-corrected chi connectivity index (χ3v) is 5.13. The lowest BCUT2D eigenvalue weighted by atomic mass is 10.2. The van der Waals surface area contributed by atoms with Gasteiger partial charge in [-0.15, -0.1) is 0 Å². The minimum absolute atomic E-state index is 0.256. The first kappa shape index (κ1) is 20.1. The van der Waals surface area contributed by atoms with Crippen LogP contribution in [0.15, 0.2) is 53.5 Å². The smallest absolute Gasteiger partial charge is 0.191 e. The second-order valence-electron chi connectivity index (χ2n) is 7.03. The molecule has 3 rings (SSSR count). The van der Waals surface area contributed by atoms with Crippen LogP contribution in [-0.2, 0) is 13.1 Å². The van der Waals surface area contributed by atoms with Crippen LogP contribution in [0.3, 0.4) is 0 Å². The number of hydrogen-bond acceptors (Lipinski definition) is 3. The Kier molecular flexibility index (Phi) is 7.25. The molecule has 150 valence electrons. The summed E-state index contributed by atoms with van der Waals surface area (Å²) in [6.45, 7) is 3.44. The lowest BCUT2D eigenvalue weighted by Gasteiger charge is -2.25. The summed E-state index contributed by atoms with van der Waals surface area (Å²) in [5.41, 5.74) is 2.19. The van der Waals surface area contributed by atoms with E-state index in [-0.39, 0.29) is 11.6 Å². The molecule has 0 amide bonds. The number of halogens is 1. The number of guanidine groups is 1. The van der Waals surface area contributed by atoms with Gasteiger partial charge in [0, 0.05) is 32.7 Å². The van der Waals surface area contributed by atoms with Crippen molar-refractivity contribution >= 4 is 5.96 Å². The highest BCUT2D eigenvalue weighted by molar-refractivity contribution is 5.79. The number of nitrogens with one attached hydrogen (secondary N) is 2. The van der Waals surface area contributed by atoms with E-state index in [2.05, 4.69) is 50.9 Å². The number of ether oxygens (including phenoxy) is 1. The third-order valence-electron chi connectivity index (χ3n) is 5.13. The van der Waals surface area contributed by atoms with E-state index in [0.717, 1.165) is 31.2 Å². The summed E-state index contributed by atoms with van der Waals surface area (Å²) < 4.78 is 18.8. The Hall–Kier alpha value is -2.60. The fourth-order valence-corrected chi connectivity index (χ4v) is 3.59. The minimum atomic E-state index is -0.354. The third kappa shape index (κ3) is 5.45. The van der Waals surface area contributed by atoms with Crippen LogP contribution in [0, 0.1) is 5.82 Å². The summed E-state index contributed by atoms with van der Waals surface area (Å²) >= 11 is 0. The molecule has 0 radical (unpaired) electrons. The minimum Gasteiger partial charge on any atom is -0.494 e. The van der Waals surface area contributed by atoms with Gasteiger partial charge in [0.1, 0.15) is 0 Å². The van der Waals surface area contributed by atoms with Gasteiger partial charge in [0.2, 0.25) is 0 Å². The van der Waals surface area contributed by atoms with Gasteiger partial charge in [0.25, 0.3) is 0 Å². The lowest BCUT2D eigenvalue weighted by Crippen LogP contribution is -2.44. The molecule has 0 saturated carbocycles. The van der Waals surface area contributed by atoms with Crippen LogP contribution in [0.1, 0.15) is 24.0 Å². The summed E-state index contributed by atoms with van der Waals surface area (Å²) in [6.07, 6.45) is 2.40. The maximum Gasteiger partial charge on any atom is 0.191 e. The highest BCUT2D eigenvalue weighted by Crippen LogP contribution is 2.20. The fraction of sp³-hybridized carbons (Fsp3) is 0.409. The summed E-state index contributed by atoms with van der Waals surface area (Å²) in [7, 11) is 3.21. The van der Waals surface area contributed by atoms with E-state index in [1.54, 1.807) is 13.1 Å². The first-order chi connectivity index (χ1) is 13.7. The monoisotopic (exact) mass is 384 g/mol. The molecule has 0 aromatic heterocycles. The van der Waals surface area contributed by atoms with Crippen LogP contribution >= 0.6 is 0 Å². The Morgan fingerprint density at radius 2 is 2.00 bits per heavy atom. The molecule has 2 N–H and O–H groups in total. The van der Waals surface area contributed by atoms with Crippen LogP contribution in [0.4, 0.5) is 4.39 Å². The van der Waals surface area contributed by atoms with E-state index in [0.29, 0.717) is 12.6 Å². The van der Waals surface area contributed by atoms with Crippen LogP contribution in [0.5, 0.6) is 5.75 Å². The average Bonchev–Trinajstić information content (AvgIpc) is 3.16. The van der Waals surface area contributed by atoms with Crippen molar-refractivity contribution in [2.45, 2.75) is 32.0 Å². The van der Waals surface area contributed by atoms with Crippen molar-refractivity contribution in [3.05, 3.63) is 65.5 Å². The number of benzene rings is 2. The van der Waals surface area contributed by atoms with Gasteiger partial charge in [-0.1, -0.05) is 36.4 Å². The molecule has 0 bridgehead atoms. The van der Waals surface area contributed by atoms with Gasteiger partial charge in [-0.25, -0.2) is 4.39 Å². The molecule has 1 fully saturated rings. The van der Waals surface area contributed by atoms with Gasteiger partial charge in [-0.3, -0.25) is 9.89 Å². The molecule has 2 aromatic rings. The van der Waals surface area contributed by atoms with Gasteiger partial charge in [0.15, 0.2) is 17.5 Å². The number of aliphatic imine (C=N–C) groups is 1. The molecular weight excluding hydrogens is 355 g/mol. The van der Waals surface area contributed by atoms with E-state index in [9.17, 15) is 4.39 Å². The van der Waals surface area contributed by atoms with E-state index in [1.807, 2.05) is 6.07 Å². The highest BCUT2D eigenvalue weighted by atomic mass is 19.1. The van der Waals surface area contributed by atoms with E-state index in [4.69, 9.17) is 4.74 Å². The predicted molar refractivity (Wildman–Crippen MR) is 111 cm³/mol. The molecule has 1 aliphatic heterocycles. The summed E-state index contributed by atoms with van der Waals surface area (Å²) in [5.74, 6) is 0.626. The van der Waals surface area contributed by atoms with Crippen LogP contribution < -0.4 is 15.4 Å². The first-order valence-corrected chi connectivity index (χ1v) is 9.74. The number of rotatable bonds is 7. The second kappa shape index (κ2) is 10.1.